The lowest BCUT2D eigenvalue weighted by Crippen LogP contribution is -2.38. The third-order valence-electron chi connectivity index (χ3n) is 3.16. The van der Waals surface area contributed by atoms with Crippen LogP contribution >= 0.6 is 28.6 Å². The molecule has 1 aliphatic rings. The standard InChI is InChI=1S/C10H13Cl2N2O8P/c1-20-4-2-14(10(18)13-8(4)17)9-7(16)6(15)5(22-9)3-21-23(11,12)19/h2,5-7,9,15-16H,3H2,1H3,(H,13,17,18). The topological polar surface area (TPSA) is 140 Å². The second kappa shape index (κ2) is 6.94. The SMILES string of the molecule is COc1cn(C2OC(COP(=O)(Cl)Cl)C(O)C2O)c(=O)[nH]c1=O. The number of aliphatic hydroxyl groups is 2. The van der Waals surface area contributed by atoms with E-state index in [1.807, 2.05) is 4.98 Å². The Kier molecular flexibility index (Phi) is 5.57. The number of hydrogen-bond donors (Lipinski definition) is 3. The normalized spacial score (nSPS) is 28.0. The fraction of sp³-hybridized carbons (Fsp3) is 0.600. The van der Waals surface area contributed by atoms with Crippen molar-refractivity contribution in [3.05, 3.63) is 27.0 Å². The zero-order valence-corrected chi connectivity index (χ0v) is 14.0. The highest BCUT2D eigenvalue weighted by molar-refractivity contribution is 8.05. The minimum Gasteiger partial charge on any atom is -0.490 e. The molecule has 1 aromatic rings. The Labute approximate surface area is 138 Å². The van der Waals surface area contributed by atoms with Crippen molar-refractivity contribution in [3.8, 4) is 5.75 Å². The van der Waals surface area contributed by atoms with Crippen molar-refractivity contribution < 1.29 is 28.8 Å². The number of halogens is 2. The van der Waals surface area contributed by atoms with E-state index < -0.39 is 48.5 Å². The van der Waals surface area contributed by atoms with Crippen LogP contribution in [-0.4, -0.2) is 51.8 Å². The van der Waals surface area contributed by atoms with Gasteiger partial charge in [0.25, 0.3) is 5.56 Å². The molecule has 2 rings (SSSR count). The molecule has 0 saturated carbocycles. The van der Waals surface area contributed by atoms with E-state index in [9.17, 15) is 24.4 Å². The van der Waals surface area contributed by atoms with Gasteiger partial charge in [-0.25, -0.2) is 4.79 Å². The van der Waals surface area contributed by atoms with Crippen LogP contribution in [0, 0.1) is 0 Å². The first-order valence-electron chi connectivity index (χ1n) is 6.19. The van der Waals surface area contributed by atoms with Gasteiger partial charge in [0.05, 0.1) is 19.9 Å². The first kappa shape index (κ1) is 18.5. The van der Waals surface area contributed by atoms with Gasteiger partial charge in [0.2, 0.25) is 5.75 Å². The molecule has 1 saturated heterocycles. The van der Waals surface area contributed by atoms with Crippen LogP contribution in [0.25, 0.3) is 0 Å². The maximum atomic E-state index is 11.8. The van der Waals surface area contributed by atoms with Gasteiger partial charge in [0, 0.05) is 0 Å². The minimum absolute atomic E-state index is 0.194. The molecule has 130 valence electrons. The fourth-order valence-corrected chi connectivity index (χ4v) is 2.72. The summed E-state index contributed by atoms with van der Waals surface area (Å²) in [5, 5.41) is 19.9. The van der Waals surface area contributed by atoms with E-state index in [1.54, 1.807) is 0 Å². The van der Waals surface area contributed by atoms with Gasteiger partial charge >= 0.3 is 11.8 Å². The molecule has 10 nitrogen and oxygen atoms in total. The van der Waals surface area contributed by atoms with Gasteiger partial charge in [-0.3, -0.25) is 18.9 Å². The van der Waals surface area contributed by atoms with Gasteiger partial charge in [-0.15, -0.1) is 0 Å². The number of aromatic nitrogens is 2. The van der Waals surface area contributed by atoms with Crippen LogP contribution in [0.1, 0.15) is 6.23 Å². The number of nitrogens with one attached hydrogen (secondary N) is 1. The summed E-state index contributed by atoms with van der Waals surface area (Å²) in [7, 11) is 1.22. The van der Waals surface area contributed by atoms with E-state index in [1.165, 1.54) is 7.11 Å². The highest BCUT2D eigenvalue weighted by Gasteiger charge is 2.45. The van der Waals surface area contributed by atoms with E-state index in [0.717, 1.165) is 10.8 Å². The third kappa shape index (κ3) is 4.16. The van der Waals surface area contributed by atoms with Crippen molar-refractivity contribution in [2.24, 2.45) is 0 Å². The zero-order chi connectivity index (χ0) is 17.4. The zero-order valence-electron chi connectivity index (χ0n) is 11.6. The molecule has 23 heavy (non-hydrogen) atoms. The monoisotopic (exact) mass is 390 g/mol. The van der Waals surface area contributed by atoms with Crippen LogP contribution in [0.4, 0.5) is 0 Å². The van der Waals surface area contributed by atoms with Gasteiger partial charge < -0.3 is 24.2 Å². The number of H-pyrrole nitrogens is 1. The van der Waals surface area contributed by atoms with Crippen molar-refractivity contribution in [2.75, 3.05) is 13.7 Å². The van der Waals surface area contributed by atoms with Gasteiger partial charge in [-0.1, -0.05) is 0 Å². The summed E-state index contributed by atoms with van der Waals surface area (Å²) < 4.78 is 26.6. The number of rotatable bonds is 5. The molecule has 4 unspecified atom stereocenters. The Hall–Kier alpha value is -0.870. The Morgan fingerprint density at radius 3 is 2.61 bits per heavy atom. The highest BCUT2D eigenvalue weighted by Crippen LogP contribution is 2.57. The molecule has 4 atom stereocenters. The summed E-state index contributed by atoms with van der Waals surface area (Å²) in [6.45, 7) is -0.478. The van der Waals surface area contributed by atoms with Crippen LogP contribution in [0.3, 0.4) is 0 Å². The van der Waals surface area contributed by atoms with Crippen LogP contribution in [0.15, 0.2) is 15.8 Å². The van der Waals surface area contributed by atoms with Gasteiger partial charge in [-0.05, 0) is 22.5 Å². The summed E-state index contributed by atoms with van der Waals surface area (Å²) >= 11 is 10.4. The quantitative estimate of drug-likeness (QED) is 0.585. The van der Waals surface area contributed by atoms with Crippen molar-refractivity contribution in [1.82, 2.24) is 9.55 Å². The first-order chi connectivity index (χ1) is 10.6. The van der Waals surface area contributed by atoms with Crippen LogP contribution in [0.5, 0.6) is 5.75 Å². The fourth-order valence-electron chi connectivity index (χ4n) is 2.06. The van der Waals surface area contributed by atoms with Gasteiger partial charge in [-0.2, -0.15) is 0 Å². The molecule has 0 amide bonds. The predicted octanol–water partition coefficient (Wildman–Crippen LogP) is -0.233. The lowest BCUT2D eigenvalue weighted by molar-refractivity contribution is -0.0510. The van der Waals surface area contributed by atoms with Crippen molar-refractivity contribution in [2.45, 2.75) is 24.5 Å². The molecular weight excluding hydrogens is 378 g/mol. The molecular formula is C10H13Cl2N2O8P. The number of nitrogens with zero attached hydrogens (tertiary/aromatic N) is 1. The molecule has 13 heteroatoms. The van der Waals surface area contributed by atoms with E-state index in [0.29, 0.717) is 0 Å². The number of methoxy groups -OCH3 is 1. The summed E-state index contributed by atoms with van der Waals surface area (Å²) in [4.78, 5) is 25.2. The molecule has 0 aromatic carbocycles. The minimum atomic E-state index is -3.85. The Balaban J connectivity index is 2.26. The second-order valence-electron chi connectivity index (χ2n) is 4.62. The average molecular weight is 391 g/mol. The number of ether oxygens (including phenoxy) is 2. The Morgan fingerprint density at radius 1 is 1.39 bits per heavy atom. The first-order valence-corrected chi connectivity index (χ1v) is 9.62. The average Bonchev–Trinajstić information content (AvgIpc) is 2.73. The smallest absolute Gasteiger partial charge is 0.380 e. The van der Waals surface area contributed by atoms with Crippen LogP contribution in [-0.2, 0) is 13.8 Å². The van der Waals surface area contributed by atoms with E-state index in [-0.39, 0.29) is 5.75 Å². The largest absolute Gasteiger partial charge is 0.490 e. The van der Waals surface area contributed by atoms with E-state index in [4.69, 9.17) is 32.0 Å². The van der Waals surface area contributed by atoms with Crippen LogP contribution < -0.4 is 16.0 Å². The second-order valence-corrected chi connectivity index (χ2v) is 8.90. The summed E-state index contributed by atoms with van der Waals surface area (Å²) in [6, 6.07) is 0. The lowest BCUT2D eigenvalue weighted by Gasteiger charge is -2.17. The maximum absolute atomic E-state index is 11.8. The summed E-state index contributed by atoms with van der Waals surface area (Å²) in [6.07, 6.45) is -8.30. The van der Waals surface area contributed by atoms with Crippen molar-refractivity contribution in [3.63, 3.8) is 0 Å². The molecule has 0 radical (unpaired) electrons. The van der Waals surface area contributed by atoms with Crippen molar-refractivity contribution >= 4 is 28.6 Å². The summed E-state index contributed by atoms with van der Waals surface area (Å²) in [5.41, 5.74) is -1.64. The molecule has 1 aromatic heterocycles. The molecule has 1 aliphatic heterocycles. The van der Waals surface area contributed by atoms with Gasteiger partial charge in [0.15, 0.2) is 6.23 Å². The number of aliphatic hydroxyl groups excluding tert-OH is 2. The van der Waals surface area contributed by atoms with Crippen molar-refractivity contribution in [1.29, 1.82) is 0 Å². The Morgan fingerprint density at radius 2 is 2.04 bits per heavy atom. The molecule has 2 heterocycles. The van der Waals surface area contributed by atoms with E-state index in [2.05, 4.69) is 4.52 Å². The van der Waals surface area contributed by atoms with Crippen LogP contribution in [0.2, 0.25) is 0 Å². The Bertz CT molecular complexity index is 730. The molecule has 0 spiro atoms. The van der Waals surface area contributed by atoms with Gasteiger partial charge in [0.1, 0.15) is 18.3 Å². The van der Waals surface area contributed by atoms with E-state index >= 15 is 0 Å². The molecule has 3 N–H and O–H groups in total. The number of hydrogen-bond acceptors (Lipinski definition) is 8. The highest BCUT2D eigenvalue weighted by atomic mass is 35.9. The lowest BCUT2D eigenvalue weighted by atomic mass is 10.1. The molecule has 0 bridgehead atoms. The number of aromatic amines is 1. The molecule has 1 fully saturated rings. The predicted molar refractivity (Wildman–Crippen MR) is 79.1 cm³/mol. The summed E-state index contributed by atoms with van der Waals surface area (Å²) in [5.74, 6) is -0.194. The third-order valence-corrected chi connectivity index (χ3v) is 4.19. The molecule has 0 aliphatic carbocycles. The maximum Gasteiger partial charge on any atom is 0.380 e.